The lowest BCUT2D eigenvalue weighted by Crippen LogP contribution is -2.40. The highest BCUT2D eigenvalue weighted by molar-refractivity contribution is 9.11. The first-order chi connectivity index (χ1) is 17.7. The van der Waals surface area contributed by atoms with Gasteiger partial charge in [0.1, 0.15) is 5.75 Å². The van der Waals surface area contributed by atoms with Crippen LogP contribution in [-0.2, 0) is 9.53 Å². The molecule has 1 aliphatic heterocycles. The number of hydrogen-bond acceptors (Lipinski definition) is 6. The maximum absolute atomic E-state index is 13.9. The van der Waals surface area contributed by atoms with Crippen LogP contribution in [-0.4, -0.2) is 22.2 Å². The van der Waals surface area contributed by atoms with Crippen LogP contribution >= 0.6 is 43.2 Å². The minimum absolute atomic E-state index is 0.0359. The van der Waals surface area contributed by atoms with E-state index in [1.807, 2.05) is 31.2 Å². The Bertz CT molecular complexity index is 1550. The lowest BCUT2D eigenvalue weighted by atomic mass is 9.92. The molecule has 0 bridgehead atoms. The minimum atomic E-state index is -0.664. The molecule has 4 rings (SSSR count). The Hall–Kier alpha value is -2.49. The third-order valence-corrected chi connectivity index (χ3v) is 8.20. The highest BCUT2D eigenvalue weighted by Crippen LogP contribution is 2.34. The fraction of sp³-hybridized carbons (Fsp3) is 0.321. The van der Waals surface area contributed by atoms with E-state index in [1.165, 1.54) is 16.9 Å². The maximum atomic E-state index is 13.9. The summed E-state index contributed by atoms with van der Waals surface area (Å²) in [4.78, 5) is 32.4. The quantitative estimate of drug-likeness (QED) is 0.322. The number of thiazole rings is 1. The third-order valence-electron chi connectivity index (χ3n) is 6.16. The molecule has 1 atom stereocenters. The predicted molar refractivity (Wildman–Crippen MR) is 154 cm³/mol. The van der Waals surface area contributed by atoms with E-state index in [2.05, 4.69) is 45.7 Å². The number of rotatable bonds is 7. The minimum Gasteiger partial charge on any atom is -0.506 e. The van der Waals surface area contributed by atoms with Crippen LogP contribution in [0, 0.1) is 0 Å². The molecular weight excluding hydrogens is 620 g/mol. The molecule has 0 fully saturated rings. The van der Waals surface area contributed by atoms with Gasteiger partial charge >= 0.3 is 5.97 Å². The van der Waals surface area contributed by atoms with Crippen molar-refractivity contribution >= 4 is 55.2 Å². The van der Waals surface area contributed by atoms with Gasteiger partial charge in [0.15, 0.2) is 4.80 Å². The molecule has 0 saturated heterocycles. The molecular formula is C28H28Br2N2O4S. The topological polar surface area (TPSA) is 80.9 Å². The second kappa shape index (κ2) is 11.5. The largest absolute Gasteiger partial charge is 0.506 e. The summed E-state index contributed by atoms with van der Waals surface area (Å²) in [5.41, 5.74) is 3.23. The fourth-order valence-corrected chi connectivity index (χ4v) is 6.61. The summed E-state index contributed by atoms with van der Waals surface area (Å²) in [5.74, 6) is -0.0758. The average molecular weight is 648 g/mol. The van der Waals surface area contributed by atoms with Crippen LogP contribution in [0.4, 0.5) is 0 Å². The summed E-state index contributed by atoms with van der Waals surface area (Å²) in [6, 6.07) is 10.8. The number of phenols is 1. The van der Waals surface area contributed by atoms with Gasteiger partial charge < -0.3 is 9.84 Å². The van der Waals surface area contributed by atoms with Crippen molar-refractivity contribution in [3.8, 4) is 5.75 Å². The Balaban J connectivity index is 2.00. The van der Waals surface area contributed by atoms with Gasteiger partial charge in [-0.2, -0.15) is 0 Å². The molecule has 9 heteroatoms. The number of phenolic OH excluding ortho intramolecular Hbond substituents is 1. The highest BCUT2D eigenvalue weighted by Gasteiger charge is 2.34. The molecule has 194 valence electrons. The number of carbonyl (C=O) groups is 1. The van der Waals surface area contributed by atoms with E-state index in [1.54, 1.807) is 29.7 Å². The number of aromatic hydroxyl groups is 1. The van der Waals surface area contributed by atoms with Crippen LogP contribution in [0.1, 0.15) is 69.2 Å². The molecule has 0 amide bonds. The van der Waals surface area contributed by atoms with Crippen molar-refractivity contribution in [1.29, 1.82) is 0 Å². The van der Waals surface area contributed by atoms with E-state index in [4.69, 9.17) is 9.73 Å². The zero-order valence-electron chi connectivity index (χ0n) is 21.0. The van der Waals surface area contributed by atoms with Crippen molar-refractivity contribution in [3.05, 3.63) is 93.0 Å². The van der Waals surface area contributed by atoms with Crippen LogP contribution in [0.15, 0.2) is 66.4 Å². The molecule has 0 radical (unpaired) electrons. The third kappa shape index (κ3) is 5.54. The Morgan fingerprint density at radius 2 is 1.92 bits per heavy atom. The van der Waals surface area contributed by atoms with Crippen LogP contribution in [0.2, 0.25) is 0 Å². The Kier molecular flexibility index (Phi) is 8.56. The molecule has 2 heterocycles. The van der Waals surface area contributed by atoms with Gasteiger partial charge in [0.25, 0.3) is 5.56 Å². The zero-order chi connectivity index (χ0) is 26.9. The van der Waals surface area contributed by atoms with E-state index >= 15 is 0 Å². The maximum Gasteiger partial charge on any atom is 0.338 e. The second-order valence-electron chi connectivity index (χ2n) is 9.06. The van der Waals surface area contributed by atoms with Crippen LogP contribution in [0.25, 0.3) is 6.08 Å². The number of benzene rings is 2. The van der Waals surface area contributed by atoms with Crippen LogP contribution in [0.3, 0.4) is 0 Å². The normalized spacial score (nSPS) is 15.6. The van der Waals surface area contributed by atoms with Gasteiger partial charge in [0.05, 0.1) is 32.9 Å². The van der Waals surface area contributed by atoms with Gasteiger partial charge in [-0.25, -0.2) is 9.79 Å². The van der Waals surface area contributed by atoms with Gasteiger partial charge in [-0.1, -0.05) is 78.7 Å². The first-order valence-corrected chi connectivity index (χ1v) is 14.6. The van der Waals surface area contributed by atoms with Crippen LogP contribution < -0.4 is 14.9 Å². The van der Waals surface area contributed by atoms with Gasteiger partial charge in [0.2, 0.25) is 0 Å². The van der Waals surface area contributed by atoms with Gasteiger partial charge in [0, 0.05) is 10.0 Å². The van der Waals surface area contributed by atoms with Crippen molar-refractivity contribution < 1.29 is 14.6 Å². The number of ether oxygens (including phenoxy) is 1. The predicted octanol–water partition coefficient (Wildman–Crippen LogP) is 5.93. The van der Waals surface area contributed by atoms with Crippen molar-refractivity contribution in [2.75, 3.05) is 6.61 Å². The SMILES string of the molecule is CCCC1=C(C(=O)OCC)[C@H](c2ccc(C(C)C)cc2)n2c(s/c(=C\c3cc(Br)cc(Br)c3O)c2=O)=N1. The number of halogens is 2. The molecule has 0 saturated carbocycles. The summed E-state index contributed by atoms with van der Waals surface area (Å²) < 4.78 is 8.71. The van der Waals surface area contributed by atoms with E-state index in [0.717, 1.165) is 16.5 Å². The molecule has 1 aliphatic rings. The number of esters is 1. The van der Waals surface area contributed by atoms with Gasteiger partial charge in [-0.05, 0) is 64.5 Å². The monoisotopic (exact) mass is 646 g/mol. The van der Waals surface area contributed by atoms with E-state index < -0.39 is 12.0 Å². The number of aromatic nitrogens is 1. The summed E-state index contributed by atoms with van der Waals surface area (Å²) in [7, 11) is 0. The first-order valence-electron chi connectivity index (χ1n) is 12.2. The number of allylic oxidation sites excluding steroid dienone is 1. The van der Waals surface area contributed by atoms with Gasteiger partial charge in [-0.15, -0.1) is 0 Å². The molecule has 1 N–H and O–H groups in total. The van der Waals surface area contributed by atoms with E-state index in [-0.39, 0.29) is 17.9 Å². The highest BCUT2D eigenvalue weighted by atomic mass is 79.9. The van der Waals surface area contributed by atoms with E-state index in [9.17, 15) is 14.7 Å². The molecule has 0 spiro atoms. The van der Waals surface area contributed by atoms with Crippen molar-refractivity contribution in [2.24, 2.45) is 4.99 Å². The lowest BCUT2D eigenvalue weighted by molar-refractivity contribution is -0.139. The molecule has 0 unspecified atom stereocenters. The number of carbonyl (C=O) groups excluding carboxylic acids is 1. The Morgan fingerprint density at radius 3 is 2.54 bits per heavy atom. The first kappa shape index (κ1) is 27.5. The summed E-state index contributed by atoms with van der Waals surface area (Å²) >= 11 is 8.03. The van der Waals surface area contributed by atoms with Gasteiger partial charge in [-0.3, -0.25) is 9.36 Å². The molecule has 0 aliphatic carbocycles. The summed E-state index contributed by atoms with van der Waals surface area (Å²) in [5, 5.41) is 10.6. The van der Waals surface area contributed by atoms with E-state index in [0.29, 0.717) is 43.0 Å². The summed E-state index contributed by atoms with van der Waals surface area (Å²) in [6.45, 7) is 8.26. The molecule has 1 aromatic heterocycles. The van der Waals surface area contributed by atoms with Crippen molar-refractivity contribution in [3.63, 3.8) is 0 Å². The van der Waals surface area contributed by atoms with Crippen LogP contribution in [0.5, 0.6) is 5.75 Å². The standard InChI is InChI=1S/C28H28Br2N2O4S/c1-5-7-21-23(27(35)36-6-2)24(17-10-8-16(9-11-17)15(3)4)32-26(34)22(37-28(32)31-21)13-18-12-19(29)14-20(30)25(18)33/h8-15,24,33H,5-7H2,1-4H3/b22-13-/t24-/m0/s1. The summed E-state index contributed by atoms with van der Waals surface area (Å²) in [6.07, 6.45) is 3.02. The molecule has 2 aromatic carbocycles. The second-order valence-corrected chi connectivity index (χ2v) is 11.8. The van der Waals surface area contributed by atoms with Crippen molar-refractivity contribution in [2.45, 2.75) is 52.5 Å². The lowest BCUT2D eigenvalue weighted by Gasteiger charge is -2.26. The van der Waals surface area contributed by atoms with Crippen molar-refractivity contribution in [1.82, 2.24) is 4.57 Å². The number of fused-ring (bicyclic) bond motifs is 1. The fourth-order valence-electron chi connectivity index (χ4n) is 4.34. The average Bonchev–Trinajstić information content (AvgIpc) is 3.16. The zero-order valence-corrected chi connectivity index (χ0v) is 25.0. The smallest absolute Gasteiger partial charge is 0.338 e. The molecule has 6 nitrogen and oxygen atoms in total. The molecule has 37 heavy (non-hydrogen) atoms. The Labute approximate surface area is 236 Å². The molecule has 3 aromatic rings. The Morgan fingerprint density at radius 1 is 1.22 bits per heavy atom. The number of nitrogens with zero attached hydrogens (tertiary/aromatic N) is 2. The number of hydrogen-bond donors (Lipinski definition) is 1.